The molecular formula is C20H17N3O. The number of fused-ring (bicyclic) bond motifs is 2. The first-order chi connectivity index (χ1) is 11.7. The number of nitrogens with one attached hydrogen (secondary N) is 1. The van der Waals surface area contributed by atoms with Crippen LogP contribution in [0.4, 0.5) is 5.69 Å². The number of benzene rings is 3. The van der Waals surface area contributed by atoms with Crippen molar-refractivity contribution < 1.29 is 4.79 Å². The average Bonchev–Trinajstić information content (AvgIpc) is 3.05. The fourth-order valence-corrected chi connectivity index (χ4v) is 2.98. The molecule has 4 heteroatoms. The molecule has 1 atom stereocenters. The maximum Gasteiger partial charge on any atom is 0.247 e. The van der Waals surface area contributed by atoms with Crippen molar-refractivity contribution in [2.45, 2.75) is 13.0 Å². The van der Waals surface area contributed by atoms with Crippen LogP contribution in [0.3, 0.4) is 0 Å². The van der Waals surface area contributed by atoms with E-state index >= 15 is 0 Å². The van der Waals surface area contributed by atoms with Crippen molar-refractivity contribution in [3.63, 3.8) is 0 Å². The smallest absolute Gasteiger partial charge is 0.247 e. The monoisotopic (exact) mass is 315 g/mol. The lowest BCUT2D eigenvalue weighted by Gasteiger charge is -2.15. The summed E-state index contributed by atoms with van der Waals surface area (Å²) in [5.41, 5.74) is 2.68. The lowest BCUT2D eigenvalue weighted by Crippen LogP contribution is -2.23. The van der Waals surface area contributed by atoms with Crippen LogP contribution in [-0.4, -0.2) is 15.5 Å². The molecule has 4 aromatic rings. The number of carbonyl (C=O) groups excluding carboxylic acids is 1. The number of anilines is 1. The van der Waals surface area contributed by atoms with Crippen LogP contribution in [0.15, 0.2) is 73.1 Å². The first-order valence-electron chi connectivity index (χ1n) is 7.94. The molecule has 0 aliphatic heterocycles. The zero-order valence-corrected chi connectivity index (χ0v) is 13.3. The molecule has 0 saturated carbocycles. The second kappa shape index (κ2) is 5.81. The van der Waals surface area contributed by atoms with E-state index in [2.05, 4.69) is 10.3 Å². The molecule has 0 spiro atoms. The van der Waals surface area contributed by atoms with Crippen LogP contribution in [-0.2, 0) is 4.79 Å². The highest BCUT2D eigenvalue weighted by Gasteiger charge is 2.17. The lowest BCUT2D eigenvalue weighted by molar-refractivity contribution is -0.118. The van der Waals surface area contributed by atoms with Crippen molar-refractivity contribution in [3.8, 4) is 0 Å². The number of nitrogens with zero attached hydrogens (tertiary/aromatic N) is 2. The maximum atomic E-state index is 12.7. The minimum Gasteiger partial charge on any atom is -0.324 e. The van der Waals surface area contributed by atoms with E-state index in [0.717, 1.165) is 27.5 Å². The summed E-state index contributed by atoms with van der Waals surface area (Å²) in [5.74, 6) is -0.0606. The number of hydrogen-bond donors (Lipinski definition) is 1. The van der Waals surface area contributed by atoms with Gasteiger partial charge in [-0.25, -0.2) is 4.98 Å². The molecule has 1 heterocycles. The van der Waals surface area contributed by atoms with Gasteiger partial charge in [-0.2, -0.15) is 0 Å². The number of carbonyl (C=O) groups is 1. The number of hydrogen-bond acceptors (Lipinski definition) is 2. The zero-order valence-electron chi connectivity index (χ0n) is 13.3. The third kappa shape index (κ3) is 2.42. The molecule has 0 unspecified atom stereocenters. The molecule has 4 nitrogen and oxygen atoms in total. The number of amides is 1. The van der Waals surface area contributed by atoms with E-state index in [4.69, 9.17) is 0 Å². The predicted molar refractivity (Wildman–Crippen MR) is 97.0 cm³/mol. The molecule has 0 fully saturated rings. The summed E-state index contributed by atoms with van der Waals surface area (Å²) in [5, 5.41) is 5.20. The Kier molecular flexibility index (Phi) is 3.50. The Morgan fingerprint density at radius 3 is 2.67 bits per heavy atom. The van der Waals surface area contributed by atoms with E-state index in [-0.39, 0.29) is 11.9 Å². The number of para-hydroxylation sites is 2. The Hall–Kier alpha value is -3.14. The Morgan fingerprint density at radius 1 is 1.00 bits per heavy atom. The molecule has 0 aliphatic rings. The molecular weight excluding hydrogens is 298 g/mol. The van der Waals surface area contributed by atoms with Gasteiger partial charge < -0.3 is 9.88 Å². The topological polar surface area (TPSA) is 46.9 Å². The van der Waals surface area contributed by atoms with Gasteiger partial charge in [0.2, 0.25) is 5.91 Å². The van der Waals surface area contributed by atoms with Crippen LogP contribution in [0.2, 0.25) is 0 Å². The third-order valence-corrected chi connectivity index (χ3v) is 4.33. The highest BCUT2D eigenvalue weighted by atomic mass is 16.2. The Bertz CT molecular complexity index is 1030. The number of imidazole rings is 1. The van der Waals surface area contributed by atoms with Gasteiger partial charge in [-0.05, 0) is 30.5 Å². The minimum atomic E-state index is -0.351. The van der Waals surface area contributed by atoms with Crippen molar-refractivity contribution in [3.05, 3.63) is 73.1 Å². The van der Waals surface area contributed by atoms with E-state index in [1.165, 1.54) is 0 Å². The number of aromatic nitrogens is 2. The maximum absolute atomic E-state index is 12.7. The first kappa shape index (κ1) is 14.5. The Labute approximate surface area is 139 Å². The van der Waals surface area contributed by atoms with Crippen molar-refractivity contribution in [2.24, 2.45) is 0 Å². The second-order valence-corrected chi connectivity index (χ2v) is 5.83. The highest BCUT2D eigenvalue weighted by Crippen LogP contribution is 2.24. The van der Waals surface area contributed by atoms with Crippen molar-refractivity contribution in [1.29, 1.82) is 0 Å². The standard InChI is InChI=1S/C20H17N3O/c1-14(23-13-21-18-10-4-5-12-19(18)23)20(24)22-17-11-6-8-15-7-2-3-9-16(15)17/h2-14H,1H3,(H,22,24)/t14-/m0/s1. The average molecular weight is 315 g/mol. The van der Waals surface area contributed by atoms with Crippen LogP contribution in [0.5, 0.6) is 0 Å². The van der Waals surface area contributed by atoms with Crippen LogP contribution >= 0.6 is 0 Å². The normalized spacial score (nSPS) is 12.4. The van der Waals surface area contributed by atoms with Gasteiger partial charge in [0.25, 0.3) is 0 Å². The summed E-state index contributed by atoms with van der Waals surface area (Å²) in [6.07, 6.45) is 1.72. The van der Waals surface area contributed by atoms with Gasteiger partial charge in [0.05, 0.1) is 17.4 Å². The molecule has 118 valence electrons. The van der Waals surface area contributed by atoms with Crippen LogP contribution < -0.4 is 5.32 Å². The van der Waals surface area contributed by atoms with Gasteiger partial charge in [-0.1, -0.05) is 48.5 Å². The Morgan fingerprint density at radius 2 is 1.75 bits per heavy atom. The van der Waals surface area contributed by atoms with Gasteiger partial charge >= 0.3 is 0 Å². The molecule has 0 bridgehead atoms. The molecule has 0 radical (unpaired) electrons. The van der Waals surface area contributed by atoms with Gasteiger partial charge in [0, 0.05) is 11.1 Å². The van der Waals surface area contributed by atoms with Gasteiger partial charge in [-0.3, -0.25) is 4.79 Å². The summed E-state index contributed by atoms with van der Waals surface area (Å²) in [6.45, 7) is 1.88. The fourth-order valence-electron chi connectivity index (χ4n) is 2.98. The predicted octanol–water partition coefficient (Wildman–Crippen LogP) is 4.39. The van der Waals surface area contributed by atoms with Crippen molar-refractivity contribution >= 4 is 33.4 Å². The summed E-state index contributed by atoms with van der Waals surface area (Å²) in [4.78, 5) is 17.1. The molecule has 4 rings (SSSR count). The summed E-state index contributed by atoms with van der Waals surface area (Å²) in [6, 6.07) is 21.4. The molecule has 1 N–H and O–H groups in total. The molecule has 24 heavy (non-hydrogen) atoms. The van der Waals surface area contributed by atoms with E-state index in [1.807, 2.05) is 78.2 Å². The highest BCUT2D eigenvalue weighted by molar-refractivity contribution is 6.03. The zero-order chi connectivity index (χ0) is 16.5. The van der Waals surface area contributed by atoms with Crippen molar-refractivity contribution in [1.82, 2.24) is 9.55 Å². The van der Waals surface area contributed by atoms with Crippen molar-refractivity contribution in [2.75, 3.05) is 5.32 Å². The quantitative estimate of drug-likeness (QED) is 0.609. The van der Waals surface area contributed by atoms with E-state index in [0.29, 0.717) is 0 Å². The van der Waals surface area contributed by atoms with E-state index in [1.54, 1.807) is 6.33 Å². The van der Waals surface area contributed by atoms with Gasteiger partial charge in [0.15, 0.2) is 0 Å². The van der Waals surface area contributed by atoms with Crippen LogP contribution in [0.25, 0.3) is 21.8 Å². The first-order valence-corrected chi connectivity index (χ1v) is 7.94. The van der Waals surface area contributed by atoms with Gasteiger partial charge in [-0.15, -0.1) is 0 Å². The molecule has 1 aromatic heterocycles. The summed E-state index contributed by atoms with van der Waals surface area (Å²) < 4.78 is 1.90. The third-order valence-electron chi connectivity index (χ3n) is 4.33. The molecule has 0 aliphatic carbocycles. The lowest BCUT2D eigenvalue weighted by atomic mass is 10.1. The van der Waals surface area contributed by atoms with E-state index < -0.39 is 0 Å². The number of rotatable bonds is 3. The summed E-state index contributed by atoms with van der Waals surface area (Å²) in [7, 11) is 0. The fraction of sp³-hybridized carbons (Fsp3) is 0.100. The minimum absolute atomic E-state index is 0.0606. The van der Waals surface area contributed by atoms with Crippen LogP contribution in [0.1, 0.15) is 13.0 Å². The summed E-state index contributed by atoms with van der Waals surface area (Å²) >= 11 is 0. The second-order valence-electron chi connectivity index (χ2n) is 5.83. The SMILES string of the molecule is C[C@@H](C(=O)Nc1cccc2ccccc12)n1cnc2ccccc21. The van der Waals surface area contributed by atoms with Gasteiger partial charge in [0.1, 0.15) is 6.04 Å². The molecule has 0 saturated heterocycles. The Balaban J connectivity index is 1.66. The molecule has 1 amide bonds. The van der Waals surface area contributed by atoms with Crippen LogP contribution in [0, 0.1) is 0 Å². The molecule has 3 aromatic carbocycles. The largest absolute Gasteiger partial charge is 0.324 e. The van der Waals surface area contributed by atoms with E-state index in [9.17, 15) is 4.79 Å².